The molecule has 1 heterocycles. The van der Waals surface area contributed by atoms with E-state index in [4.69, 9.17) is 28.1 Å². The van der Waals surface area contributed by atoms with Crippen molar-refractivity contribution in [3.63, 3.8) is 0 Å². The summed E-state index contributed by atoms with van der Waals surface area (Å²) in [6.07, 6.45) is 0. The lowest BCUT2D eigenvalue weighted by atomic mass is 10.1. The largest absolute Gasteiger partial charge is 0.493 e. The molecule has 0 aliphatic heterocycles. The van der Waals surface area contributed by atoms with E-state index in [1.54, 1.807) is 0 Å². The lowest BCUT2D eigenvalue weighted by molar-refractivity contribution is -0.133. The minimum Gasteiger partial charge on any atom is -0.493 e. The van der Waals surface area contributed by atoms with Gasteiger partial charge >= 0.3 is 23.9 Å². The number of fused-ring (bicyclic) bond motifs is 1. The van der Waals surface area contributed by atoms with Crippen LogP contribution in [0.4, 0.5) is 0 Å². The summed E-state index contributed by atoms with van der Waals surface area (Å²) in [6.45, 7) is 4.59. The van der Waals surface area contributed by atoms with Crippen LogP contribution in [0.3, 0.4) is 0 Å². The molecule has 35 heavy (non-hydrogen) atoms. The zero-order chi connectivity index (χ0) is 25.9. The first-order chi connectivity index (χ1) is 16.5. The lowest BCUT2D eigenvalue weighted by Crippen LogP contribution is -2.15. The number of methoxy groups -OCH3 is 1. The molecule has 2 aromatic carbocycles. The van der Waals surface area contributed by atoms with E-state index in [1.807, 2.05) is 0 Å². The smallest absolute Gasteiger partial charge is 0.308 e. The minimum absolute atomic E-state index is 0.0571. The second-order valence-electron chi connectivity index (χ2n) is 7.12. The lowest BCUT2D eigenvalue weighted by Gasteiger charge is -2.14. The summed E-state index contributed by atoms with van der Waals surface area (Å²) in [5.41, 5.74) is -0.732. The quantitative estimate of drug-likeness (QED) is 0.376. The predicted octanol–water partition coefficient (Wildman–Crippen LogP) is 3.17. The number of hydrogen-bond donors (Lipinski definition) is 0. The Bertz CT molecular complexity index is 1420. The summed E-state index contributed by atoms with van der Waals surface area (Å²) in [5.74, 6) is -3.56. The molecule has 0 N–H and O–H groups in total. The van der Waals surface area contributed by atoms with Crippen molar-refractivity contribution >= 4 is 34.8 Å². The molecule has 182 valence electrons. The monoisotopic (exact) mass is 484 g/mol. The highest BCUT2D eigenvalue weighted by atomic mass is 16.6. The van der Waals surface area contributed by atoms with Crippen molar-refractivity contribution in [2.75, 3.05) is 7.11 Å². The van der Waals surface area contributed by atoms with E-state index in [0.29, 0.717) is 0 Å². The molecular formula is C24H20O11. The maximum Gasteiger partial charge on any atom is 0.308 e. The first-order valence-electron chi connectivity index (χ1n) is 10.1. The summed E-state index contributed by atoms with van der Waals surface area (Å²) >= 11 is 0. The van der Waals surface area contributed by atoms with Crippen molar-refractivity contribution in [1.82, 2.24) is 0 Å². The van der Waals surface area contributed by atoms with E-state index >= 15 is 0 Å². The number of carbonyl (C=O) groups is 4. The first-order valence-corrected chi connectivity index (χ1v) is 10.1. The van der Waals surface area contributed by atoms with Crippen molar-refractivity contribution in [2.45, 2.75) is 27.7 Å². The maximum absolute atomic E-state index is 13.4. The molecule has 11 heteroatoms. The molecule has 11 nitrogen and oxygen atoms in total. The van der Waals surface area contributed by atoms with Gasteiger partial charge in [0, 0.05) is 45.4 Å². The van der Waals surface area contributed by atoms with Gasteiger partial charge in [0.1, 0.15) is 22.5 Å². The Kier molecular flexibility index (Phi) is 7.19. The molecule has 1 aromatic heterocycles. The number of benzene rings is 2. The Morgan fingerprint density at radius 1 is 0.714 bits per heavy atom. The van der Waals surface area contributed by atoms with E-state index in [1.165, 1.54) is 38.3 Å². The van der Waals surface area contributed by atoms with Crippen LogP contribution in [0.1, 0.15) is 27.7 Å². The van der Waals surface area contributed by atoms with Gasteiger partial charge in [-0.1, -0.05) is 0 Å². The molecule has 0 amide bonds. The standard InChI is InChI=1S/C24H20O11/c1-11(25)31-16-9-19(33-13(3)27)21-20(10-16)35-23(24(22(21)29)34-14(4)28)15-6-7-17(32-12(2)26)18(8-15)30-5/h6-10H,1-5H3. The van der Waals surface area contributed by atoms with E-state index < -0.39 is 35.1 Å². The number of rotatable bonds is 6. The Morgan fingerprint density at radius 3 is 1.89 bits per heavy atom. The van der Waals surface area contributed by atoms with Gasteiger partial charge in [-0.25, -0.2) is 0 Å². The molecule has 0 bridgehead atoms. The molecule has 3 rings (SSSR count). The average molecular weight is 484 g/mol. The summed E-state index contributed by atoms with van der Waals surface area (Å²) in [4.78, 5) is 59.7. The molecule has 0 unspecified atom stereocenters. The fourth-order valence-corrected chi connectivity index (χ4v) is 3.18. The third-order valence-electron chi connectivity index (χ3n) is 4.33. The average Bonchev–Trinajstić information content (AvgIpc) is 2.74. The minimum atomic E-state index is -0.829. The van der Waals surface area contributed by atoms with Crippen LogP contribution in [0, 0.1) is 0 Å². The van der Waals surface area contributed by atoms with Crippen LogP contribution in [-0.2, 0) is 19.2 Å². The number of ether oxygens (including phenoxy) is 5. The van der Waals surface area contributed by atoms with Gasteiger partial charge in [-0.05, 0) is 18.2 Å². The van der Waals surface area contributed by atoms with Crippen molar-refractivity contribution in [3.05, 3.63) is 40.6 Å². The van der Waals surface area contributed by atoms with Gasteiger partial charge in [0.15, 0.2) is 17.3 Å². The molecule has 0 aliphatic rings. The Labute approximate surface area is 198 Å². The van der Waals surface area contributed by atoms with Crippen LogP contribution >= 0.6 is 0 Å². The molecule has 0 atom stereocenters. The fraction of sp³-hybridized carbons (Fsp3) is 0.208. The van der Waals surface area contributed by atoms with Gasteiger partial charge in [0.25, 0.3) is 0 Å². The van der Waals surface area contributed by atoms with Crippen LogP contribution in [0.5, 0.6) is 28.7 Å². The van der Waals surface area contributed by atoms with Crippen molar-refractivity contribution in [3.8, 4) is 40.1 Å². The second-order valence-corrected chi connectivity index (χ2v) is 7.12. The highest BCUT2D eigenvalue weighted by Gasteiger charge is 2.24. The van der Waals surface area contributed by atoms with Gasteiger partial charge in [-0.3, -0.25) is 24.0 Å². The zero-order valence-corrected chi connectivity index (χ0v) is 19.4. The van der Waals surface area contributed by atoms with E-state index in [9.17, 15) is 24.0 Å². The van der Waals surface area contributed by atoms with Crippen LogP contribution in [0.2, 0.25) is 0 Å². The molecule has 0 saturated heterocycles. The number of carbonyl (C=O) groups excluding carboxylic acids is 4. The van der Waals surface area contributed by atoms with E-state index in [0.717, 1.165) is 26.8 Å². The van der Waals surface area contributed by atoms with E-state index in [-0.39, 0.29) is 45.3 Å². The zero-order valence-electron chi connectivity index (χ0n) is 19.4. The van der Waals surface area contributed by atoms with Gasteiger partial charge < -0.3 is 28.1 Å². The molecule has 0 radical (unpaired) electrons. The van der Waals surface area contributed by atoms with Gasteiger partial charge in [0.2, 0.25) is 11.2 Å². The molecule has 0 saturated carbocycles. The second kappa shape index (κ2) is 10.1. The number of hydrogen-bond acceptors (Lipinski definition) is 11. The van der Waals surface area contributed by atoms with Crippen LogP contribution in [0.15, 0.2) is 39.5 Å². The Balaban J connectivity index is 2.36. The molecular weight excluding hydrogens is 464 g/mol. The Morgan fingerprint density at radius 2 is 1.31 bits per heavy atom. The molecule has 0 spiro atoms. The topological polar surface area (TPSA) is 145 Å². The van der Waals surface area contributed by atoms with Crippen LogP contribution in [0.25, 0.3) is 22.3 Å². The van der Waals surface area contributed by atoms with Gasteiger partial charge in [-0.2, -0.15) is 0 Å². The highest BCUT2D eigenvalue weighted by Crippen LogP contribution is 2.39. The van der Waals surface area contributed by atoms with Gasteiger partial charge in [-0.15, -0.1) is 0 Å². The summed E-state index contributed by atoms with van der Waals surface area (Å²) in [5, 5.41) is -0.223. The van der Waals surface area contributed by atoms with Crippen molar-refractivity contribution in [1.29, 1.82) is 0 Å². The summed E-state index contributed by atoms with van der Waals surface area (Å²) in [6, 6.07) is 6.66. The van der Waals surface area contributed by atoms with Crippen molar-refractivity contribution in [2.24, 2.45) is 0 Å². The van der Waals surface area contributed by atoms with Crippen LogP contribution in [-0.4, -0.2) is 31.0 Å². The summed E-state index contributed by atoms with van der Waals surface area (Å²) in [7, 11) is 1.34. The van der Waals surface area contributed by atoms with Crippen LogP contribution < -0.4 is 29.1 Å². The normalized spacial score (nSPS) is 10.4. The first kappa shape index (κ1) is 25.0. The third kappa shape index (κ3) is 5.64. The fourth-order valence-electron chi connectivity index (χ4n) is 3.18. The maximum atomic E-state index is 13.4. The molecule has 0 fully saturated rings. The Hall–Kier alpha value is -4.67. The number of esters is 4. The molecule has 3 aromatic rings. The molecule has 0 aliphatic carbocycles. The van der Waals surface area contributed by atoms with Crippen molar-refractivity contribution < 1.29 is 47.3 Å². The predicted molar refractivity (Wildman–Crippen MR) is 120 cm³/mol. The highest BCUT2D eigenvalue weighted by molar-refractivity contribution is 5.92. The van der Waals surface area contributed by atoms with E-state index in [2.05, 4.69) is 0 Å². The van der Waals surface area contributed by atoms with Gasteiger partial charge in [0.05, 0.1) is 7.11 Å². The SMILES string of the molecule is COc1cc(-c2oc3cc(OC(C)=O)cc(OC(C)=O)c3c(=O)c2OC(C)=O)ccc1OC(C)=O. The third-order valence-corrected chi connectivity index (χ3v) is 4.33. The summed E-state index contributed by atoms with van der Waals surface area (Å²) < 4.78 is 31.6.